The number of Topliss-reactive ketones (excluding diaryl/α,β-unsaturated/α-hetero) is 1. The highest BCUT2D eigenvalue weighted by Gasteiger charge is 2.35. The number of carbonyl (C=O) groups excluding carboxylic acids is 1. The molecule has 0 amide bonds. The molecule has 2 rings (SSSR count). The van der Waals surface area contributed by atoms with Crippen molar-refractivity contribution in [3.05, 3.63) is 51.5 Å². The molecule has 1 aliphatic rings. The summed E-state index contributed by atoms with van der Waals surface area (Å²) in [5, 5.41) is 9.90. The number of fused-ring (bicyclic) bond motifs is 1. The first-order valence-corrected chi connectivity index (χ1v) is 7.33. The van der Waals surface area contributed by atoms with Crippen molar-refractivity contribution in [1.82, 2.24) is 0 Å². The summed E-state index contributed by atoms with van der Waals surface area (Å²) in [5.74, 6) is -0.403. The van der Waals surface area contributed by atoms with Gasteiger partial charge in [-0.05, 0) is 30.0 Å². The zero-order valence-electron chi connectivity index (χ0n) is 11.2. The number of ketones is 1. The topological polar surface area (TPSA) is 37.3 Å². The van der Waals surface area contributed by atoms with E-state index in [1.807, 2.05) is 6.08 Å². The van der Waals surface area contributed by atoms with Gasteiger partial charge in [0.05, 0.1) is 10.9 Å². The van der Waals surface area contributed by atoms with Gasteiger partial charge in [-0.2, -0.15) is 0 Å². The molecule has 0 aliphatic heterocycles. The Bertz CT molecular complexity index is 603. The summed E-state index contributed by atoms with van der Waals surface area (Å²) in [4.78, 5) is 12.5. The molecule has 0 spiro atoms. The summed E-state index contributed by atoms with van der Waals surface area (Å²) in [6.07, 6.45) is 6.20. The predicted octanol–water partition coefficient (Wildman–Crippen LogP) is 4.97. The van der Waals surface area contributed by atoms with E-state index >= 15 is 0 Å². The third-order valence-corrected chi connectivity index (χ3v) is 4.42. The zero-order chi connectivity index (χ0) is 14.9. The van der Waals surface area contributed by atoms with Gasteiger partial charge in [-0.25, -0.2) is 0 Å². The highest BCUT2D eigenvalue weighted by atomic mass is 35.5. The van der Waals surface area contributed by atoms with Crippen molar-refractivity contribution < 1.29 is 9.90 Å². The summed E-state index contributed by atoms with van der Waals surface area (Å²) < 4.78 is 0. The van der Waals surface area contributed by atoms with E-state index in [2.05, 4.69) is 13.5 Å². The number of hydrogen-bond acceptors (Lipinski definition) is 2. The number of aromatic hydroxyl groups is 1. The van der Waals surface area contributed by atoms with Crippen LogP contribution < -0.4 is 0 Å². The molecule has 20 heavy (non-hydrogen) atoms. The first kappa shape index (κ1) is 15.1. The van der Waals surface area contributed by atoms with E-state index in [1.165, 1.54) is 6.07 Å². The minimum atomic E-state index is -0.274. The van der Waals surface area contributed by atoms with Crippen molar-refractivity contribution in [2.45, 2.75) is 26.2 Å². The Morgan fingerprint density at radius 3 is 2.80 bits per heavy atom. The Hall–Kier alpha value is -1.25. The Labute approximate surface area is 128 Å². The molecule has 2 nitrogen and oxygen atoms in total. The normalized spacial score (nSPS) is 18.2. The van der Waals surface area contributed by atoms with Crippen LogP contribution >= 0.6 is 23.2 Å². The average molecular weight is 311 g/mol. The van der Waals surface area contributed by atoms with Crippen LogP contribution in [-0.2, 0) is 6.42 Å². The lowest BCUT2D eigenvalue weighted by molar-refractivity contribution is 0.0956. The number of halogens is 2. The van der Waals surface area contributed by atoms with Gasteiger partial charge in [0.15, 0.2) is 5.78 Å². The van der Waals surface area contributed by atoms with E-state index in [-0.39, 0.29) is 27.5 Å². The molecule has 0 fully saturated rings. The van der Waals surface area contributed by atoms with Crippen molar-refractivity contribution in [3.8, 4) is 5.75 Å². The quantitative estimate of drug-likeness (QED) is 0.797. The molecule has 0 saturated heterocycles. The van der Waals surface area contributed by atoms with Gasteiger partial charge in [-0.15, -0.1) is 0 Å². The van der Waals surface area contributed by atoms with E-state index in [0.717, 1.165) is 24.0 Å². The number of hydrogen-bond donors (Lipinski definition) is 1. The van der Waals surface area contributed by atoms with Gasteiger partial charge < -0.3 is 5.11 Å². The average Bonchev–Trinajstić information content (AvgIpc) is 2.74. The van der Waals surface area contributed by atoms with Gasteiger partial charge in [0.1, 0.15) is 10.8 Å². The molecule has 4 heteroatoms. The summed E-state index contributed by atoms with van der Waals surface area (Å²) in [6.45, 7) is 5.86. The zero-order valence-corrected chi connectivity index (χ0v) is 12.8. The summed E-state index contributed by atoms with van der Waals surface area (Å²) >= 11 is 12.0. The van der Waals surface area contributed by atoms with Crippen LogP contribution in [0.2, 0.25) is 10.0 Å². The monoisotopic (exact) mass is 310 g/mol. The van der Waals surface area contributed by atoms with E-state index in [4.69, 9.17) is 23.2 Å². The van der Waals surface area contributed by atoms with E-state index in [9.17, 15) is 9.90 Å². The van der Waals surface area contributed by atoms with Gasteiger partial charge in [0.2, 0.25) is 0 Å². The molecule has 1 atom stereocenters. The second kappa shape index (κ2) is 6.02. The molecular formula is C16H16Cl2O2. The first-order chi connectivity index (χ1) is 9.51. The molecule has 1 aliphatic carbocycles. The molecule has 0 radical (unpaired) electrons. The fraction of sp³-hybridized carbons (Fsp3) is 0.312. The second-order valence-electron chi connectivity index (χ2n) is 4.88. The predicted molar refractivity (Wildman–Crippen MR) is 82.8 cm³/mol. The molecule has 0 saturated carbocycles. The summed E-state index contributed by atoms with van der Waals surface area (Å²) in [5.41, 5.74) is 2.10. The Morgan fingerprint density at radius 1 is 1.50 bits per heavy atom. The number of benzene rings is 1. The molecule has 106 valence electrons. The van der Waals surface area contributed by atoms with Crippen LogP contribution in [0.15, 0.2) is 30.4 Å². The Morgan fingerprint density at radius 2 is 2.20 bits per heavy atom. The van der Waals surface area contributed by atoms with Gasteiger partial charge in [-0.3, -0.25) is 4.79 Å². The minimum absolute atomic E-state index is 0.0390. The van der Waals surface area contributed by atoms with Crippen molar-refractivity contribution in [2.24, 2.45) is 5.92 Å². The lowest BCUT2D eigenvalue weighted by Crippen LogP contribution is -2.11. The smallest absolute Gasteiger partial charge is 0.172 e. The van der Waals surface area contributed by atoms with E-state index in [0.29, 0.717) is 12.0 Å². The molecule has 0 bridgehead atoms. The van der Waals surface area contributed by atoms with E-state index in [1.54, 1.807) is 6.08 Å². The van der Waals surface area contributed by atoms with Crippen LogP contribution in [0.1, 0.15) is 35.7 Å². The van der Waals surface area contributed by atoms with E-state index < -0.39 is 0 Å². The van der Waals surface area contributed by atoms with Crippen molar-refractivity contribution in [3.63, 3.8) is 0 Å². The van der Waals surface area contributed by atoms with Gasteiger partial charge in [0, 0.05) is 5.56 Å². The van der Waals surface area contributed by atoms with Gasteiger partial charge in [0.25, 0.3) is 0 Å². The Kier molecular flexibility index (Phi) is 4.56. The van der Waals surface area contributed by atoms with Crippen LogP contribution in [-0.4, -0.2) is 10.9 Å². The fourth-order valence-corrected chi connectivity index (χ4v) is 2.99. The SMILES string of the molecule is C=C/C(=C\CCC)C1Cc2cc(O)c(Cl)c(Cl)c2C1=O. The van der Waals surface area contributed by atoms with Crippen LogP contribution in [0, 0.1) is 5.92 Å². The highest BCUT2D eigenvalue weighted by molar-refractivity contribution is 6.45. The largest absolute Gasteiger partial charge is 0.506 e. The van der Waals surface area contributed by atoms with Gasteiger partial charge >= 0.3 is 0 Å². The van der Waals surface area contributed by atoms with Gasteiger partial charge in [-0.1, -0.05) is 55.3 Å². The number of phenols is 1. The van der Waals surface area contributed by atoms with Crippen molar-refractivity contribution in [2.75, 3.05) is 0 Å². The number of allylic oxidation sites excluding steroid dienone is 3. The fourth-order valence-electron chi connectivity index (χ4n) is 2.53. The lowest BCUT2D eigenvalue weighted by Gasteiger charge is -2.09. The van der Waals surface area contributed by atoms with Crippen LogP contribution in [0.5, 0.6) is 5.75 Å². The third-order valence-electron chi connectivity index (χ3n) is 3.56. The Balaban J connectivity index is 2.44. The maximum Gasteiger partial charge on any atom is 0.172 e. The second-order valence-corrected chi connectivity index (χ2v) is 5.63. The highest BCUT2D eigenvalue weighted by Crippen LogP contribution is 2.43. The number of phenolic OH excluding ortho intramolecular Hbond substituents is 1. The molecule has 1 aromatic rings. The third kappa shape index (κ3) is 2.50. The lowest BCUT2D eigenvalue weighted by atomic mass is 9.94. The van der Waals surface area contributed by atoms with Crippen molar-refractivity contribution in [1.29, 1.82) is 0 Å². The van der Waals surface area contributed by atoms with Crippen LogP contribution in [0.25, 0.3) is 0 Å². The number of rotatable bonds is 4. The summed E-state index contributed by atoms with van der Waals surface area (Å²) in [6, 6.07) is 1.53. The minimum Gasteiger partial charge on any atom is -0.506 e. The number of carbonyl (C=O) groups is 1. The molecule has 0 heterocycles. The molecule has 1 N–H and O–H groups in total. The van der Waals surface area contributed by atoms with Crippen LogP contribution in [0.3, 0.4) is 0 Å². The van der Waals surface area contributed by atoms with Crippen LogP contribution in [0.4, 0.5) is 0 Å². The first-order valence-electron chi connectivity index (χ1n) is 6.57. The molecule has 0 aromatic heterocycles. The number of unbranched alkanes of at least 4 members (excludes halogenated alkanes) is 1. The standard InChI is InChI=1S/C16H16Cl2O2/c1-3-5-6-9(4-2)11-7-10-8-12(19)14(17)15(18)13(10)16(11)20/h4,6,8,11,19H,2-3,5,7H2,1H3/b9-6+. The molecular weight excluding hydrogens is 295 g/mol. The molecule has 1 unspecified atom stereocenters. The van der Waals surface area contributed by atoms with Crippen molar-refractivity contribution >= 4 is 29.0 Å². The maximum atomic E-state index is 12.5. The molecule has 1 aromatic carbocycles. The summed E-state index contributed by atoms with van der Waals surface area (Å²) in [7, 11) is 0. The maximum absolute atomic E-state index is 12.5.